The third-order valence-electron chi connectivity index (χ3n) is 3.09. The summed E-state index contributed by atoms with van der Waals surface area (Å²) in [6.07, 6.45) is -4.66. The normalized spacial score (nSPS) is 13.0. The van der Waals surface area contributed by atoms with Crippen LogP contribution in [0.15, 0.2) is 18.2 Å². The van der Waals surface area contributed by atoms with E-state index in [4.69, 9.17) is 5.73 Å². The van der Waals surface area contributed by atoms with E-state index in [0.717, 1.165) is 4.57 Å². The number of nitrogen functional groups attached to an aromatic ring is 1. The highest BCUT2D eigenvalue weighted by Crippen LogP contribution is 2.32. The SMILES string of the molecule is CCS(=O)(=O)CCn1c(C(F)(F)F)nc2cc(N)ccc21. The summed E-state index contributed by atoms with van der Waals surface area (Å²) in [7, 11) is -3.38. The lowest BCUT2D eigenvalue weighted by Crippen LogP contribution is -2.20. The van der Waals surface area contributed by atoms with Crippen molar-refractivity contribution in [1.29, 1.82) is 0 Å². The topological polar surface area (TPSA) is 78.0 Å². The minimum atomic E-state index is -4.66. The molecule has 0 saturated heterocycles. The summed E-state index contributed by atoms with van der Waals surface area (Å²) in [4.78, 5) is 3.53. The molecule has 5 nitrogen and oxygen atoms in total. The minimum absolute atomic E-state index is 0.0937. The van der Waals surface area contributed by atoms with Gasteiger partial charge in [-0.2, -0.15) is 13.2 Å². The van der Waals surface area contributed by atoms with Crippen molar-refractivity contribution in [2.45, 2.75) is 19.6 Å². The Morgan fingerprint density at radius 2 is 2.00 bits per heavy atom. The number of nitrogens with zero attached hydrogens (tertiary/aromatic N) is 2. The third-order valence-corrected chi connectivity index (χ3v) is 4.78. The lowest BCUT2D eigenvalue weighted by Gasteiger charge is -2.11. The van der Waals surface area contributed by atoms with Crippen molar-refractivity contribution < 1.29 is 21.6 Å². The van der Waals surface area contributed by atoms with Crippen molar-refractivity contribution in [2.75, 3.05) is 17.2 Å². The summed E-state index contributed by atoms with van der Waals surface area (Å²) in [5.41, 5.74) is 6.13. The second-order valence-electron chi connectivity index (χ2n) is 4.57. The van der Waals surface area contributed by atoms with Crippen LogP contribution in [0.25, 0.3) is 11.0 Å². The van der Waals surface area contributed by atoms with Crippen molar-refractivity contribution >= 4 is 26.6 Å². The number of fused-ring (bicyclic) bond motifs is 1. The first-order valence-electron chi connectivity index (χ1n) is 6.17. The van der Waals surface area contributed by atoms with E-state index in [1.54, 1.807) is 0 Å². The third kappa shape index (κ3) is 3.29. The van der Waals surface area contributed by atoms with Gasteiger partial charge in [-0.15, -0.1) is 0 Å². The van der Waals surface area contributed by atoms with Gasteiger partial charge in [0, 0.05) is 18.0 Å². The molecule has 0 fully saturated rings. The molecule has 0 aliphatic heterocycles. The lowest BCUT2D eigenvalue weighted by atomic mass is 10.3. The molecular weight excluding hydrogens is 307 g/mol. The average Bonchev–Trinajstić information content (AvgIpc) is 2.74. The van der Waals surface area contributed by atoms with E-state index < -0.39 is 21.8 Å². The van der Waals surface area contributed by atoms with Crippen LogP contribution in [-0.4, -0.2) is 29.5 Å². The van der Waals surface area contributed by atoms with Gasteiger partial charge in [0.15, 0.2) is 9.84 Å². The Bertz CT molecular complexity index is 766. The monoisotopic (exact) mass is 321 g/mol. The number of hydrogen-bond donors (Lipinski definition) is 1. The second kappa shape index (κ2) is 5.21. The molecule has 21 heavy (non-hydrogen) atoms. The summed E-state index contributed by atoms with van der Waals surface area (Å²) >= 11 is 0. The van der Waals surface area contributed by atoms with Crippen molar-refractivity contribution in [1.82, 2.24) is 9.55 Å². The first kappa shape index (κ1) is 15.6. The van der Waals surface area contributed by atoms with Crippen molar-refractivity contribution in [3.05, 3.63) is 24.0 Å². The Morgan fingerprint density at radius 3 is 2.57 bits per heavy atom. The molecule has 0 atom stereocenters. The van der Waals surface area contributed by atoms with E-state index in [-0.39, 0.29) is 29.1 Å². The number of aryl methyl sites for hydroxylation is 1. The fourth-order valence-electron chi connectivity index (χ4n) is 1.96. The summed E-state index contributed by atoms with van der Waals surface area (Å²) in [6, 6.07) is 4.19. The van der Waals surface area contributed by atoms with Crippen LogP contribution < -0.4 is 5.73 Å². The molecule has 0 aliphatic carbocycles. The van der Waals surface area contributed by atoms with Crippen molar-refractivity contribution in [3.8, 4) is 0 Å². The number of nitrogens with two attached hydrogens (primary N) is 1. The van der Waals surface area contributed by atoms with Crippen LogP contribution in [0.4, 0.5) is 18.9 Å². The molecule has 116 valence electrons. The maximum atomic E-state index is 13.0. The molecular formula is C12H14F3N3O2S. The number of halogens is 3. The van der Waals surface area contributed by atoms with Crippen molar-refractivity contribution in [3.63, 3.8) is 0 Å². The van der Waals surface area contributed by atoms with E-state index in [0.29, 0.717) is 5.69 Å². The van der Waals surface area contributed by atoms with E-state index >= 15 is 0 Å². The van der Waals surface area contributed by atoms with Gasteiger partial charge >= 0.3 is 6.18 Å². The van der Waals surface area contributed by atoms with Gasteiger partial charge in [-0.1, -0.05) is 6.92 Å². The van der Waals surface area contributed by atoms with Gasteiger partial charge in [0.2, 0.25) is 5.82 Å². The van der Waals surface area contributed by atoms with Crippen LogP contribution >= 0.6 is 0 Å². The first-order valence-corrected chi connectivity index (χ1v) is 7.99. The molecule has 0 spiro atoms. The number of rotatable bonds is 4. The fraction of sp³-hybridized carbons (Fsp3) is 0.417. The number of alkyl halides is 3. The molecule has 0 saturated carbocycles. The second-order valence-corrected chi connectivity index (χ2v) is 7.04. The van der Waals surface area contributed by atoms with E-state index in [1.807, 2.05) is 0 Å². The zero-order valence-electron chi connectivity index (χ0n) is 11.2. The first-order chi connectivity index (χ1) is 9.64. The molecule has 0 bridgehead atoms. The molecule has 2 N–H and O–H groups in total. The van der Waals surface area contributed by atoms with Crippen LogP contribution in [0.5, 0.6) is 0 Å². The van der Waals surface area contributed by atoms with Gasteiger partial charge in [-0.25, -0.2) is 13.4 Å². The Kier molecular flexibility index (Phi) is 3.87. The van der Waals surface area contributed by atoms with Gasteiger partial charge < -0.3 is 10.3 Å². The highest BCUT2D eigenvalue weighted by Gasteiger charge is 2.37. The number of imidazole rings is 1. The summed E-state index contributed by atoms with van der Waals surface area (Å²) in [5, 5.41) is 0. The van der Waals surface area contributed by atoms with Crippen LogP contribution in [0.2, 0.25) is 0 Å². The Balaban J connectivity index is 2.53. The quantitative estimate of drug-likeness (QED) is 0.875. The molecule has 2 rings (SSSR count). The minimum Gasteiger partial charge on any atom is -0.399 e. The van der Waals surface area contributed by atoms with Gasteiger partial charge in [-0.3, -0.25) is 0 Å². The predicted molar refractivity (Wildman–Crippen MR) is 73.5 cm³/mol. The van der Waals surface area contributed by atoms with E-state index in [2.05, 4.69) is 4.98 Å². The summed E-state index contributed by atoms with van der Waals surface area (Å²) in [6.45, 7) is 1.15. The number of benzene rings is 1. The summed E-state index contributed by atoms with van der Waals surface area (Å²) < 4.78 is 63.0. The van der Waals surface area contributed by atoms with Gasteiger partial charge in [-0.05, 0) is 18.2 Å². The molecule has 0 amide bonds. The van der Waals surface area contributed by atoms with E-state index in [9.17, 15) is 21.6 Å². The molecule has 0 aliphatic rings. The number of anilines is 1. The molecule has 1 aromatic carbocycles. The molecule has 0 radical (unpaired) electrons. The Morgan fingerprint density at radius 1 is 1.33 bits per heavy atom. The Hall–Kier alpha value is -1.77. The highest BCUT2D eigenvalue weighted by molar-refractivity contribution is 7.91. The Labute approximate surface area is 119 Å². The maximum Gasteiger partial charge on any atom is 0.449 e. The molecule has 1 heterocycles. The maximum absolute atomic E-state index is 13.0. The van der Waals surface area contributed by atoms with Crippen molar-refractivity contribution in [2.24, 2.45) is 0 Å². The van der Waals surface area contributed by atoms with Crippen LogP contribution in [0, 0.1) is 0 Å². The molecule has 9 heteroatoms. The zero-order chi connectivity index (χ0) is 15.8. The zero-order valence-corrected chi connectivity index (χ0v) is 12.0. The standard InChI is InChI=1S/C12H14F3N3O2S/c1-2-21(19,20)6-5-18-10-4-3-8(16)7-9(10)17-11(18)12(13,14)15/h3-4,7H,2,5-6,16H2,1H3. The molecule has 1 aromatic heterocycles. The van der Waals surface area contributed by atoms with Gasteiger partial charge in [0.25, 0.3) is 0 Å². The lowest BCUT2D eigenvalue weighted by molar-refractivity contribution is -0.146. The van der Waals surface area contributed by atoms with E-state index in [1.165, 1.54) is 25.1 Å². The van der Waals surface area contributed by atoms with Crippen LogP contribution in [-0.2, 0) is 22.6 Å². The van der Waals surface area contributed by atoms with Gasteiger partial charge in [0.05, 0.1) is 16.8 Å². The fourth-order valence-corrected chi connectivity index (χ4v) is 2.71. The van der Waals surface area contributed by atoms with Gasteiger partial charge in [0.1, 0.15) is 0 Å². The smallest absolute Gasteiger partial charge is 0.399 e. The van der Waals surface area contributed by atoms with Crippen LogP contribution in [0.3, 0.4) is 0 Å². The number of sulfone groups is 1. The average molecular weight is 321 g/mol. The summed E-state index contributed by atoms with van der Waals surface area (Å²) in [5.74, 6) is -1.61. The largest absolute Gasteiger partial charge is 0.449 e. The molecule has 2 aromatic rings. The number of hydrogen-bond acceptors (Lipinski definition) is 4. The molecule has 0 unspecified atom stereocenters. The highest BCUT2D eigenvalue weighted by atomic mass is 32.2. The predicted octanol–water partition coefficient (Wildman–Crippen LogP) is 2.07. The van der Waals surface area contributed by atoms with Crippen LogP contribution in [0.1, 0.15) is 12.7 Å². The number of aromatic nitrogens is 2.